The maximum Gasteiger partial charge on any atom is 0.240 e. The zero-order valence-corrected chi connectivity index (χ0v) is 12.0. The standard InChI is InChI=1S/C13H20N2O3S/c1-13(2)9-12(13)15-19(16,17)11-5-3-10(4-6-11)18-8-7-14/h3-6,12,15H,7-9,14H2,1-2H3. The summed E-state index contributed by atoms with van der Waals surface area (Å²) < 4.78 is 32.3. The van der Waals surface area contributed by atoms with Gasteiger partial charge in [0.15, 0.2) is 0 Å². The van der Waals surface area contributed by atoms with E-state index in [-0.39, 0.29) is 16.4 Å². The van der Waals surface area contributed by atoms with Crippen LogP contribution in [-0.2, 0) is 10.0 Å². The first-order valence-corrected chi connectivity index (χ1v) is 7.79. The summed E-state index contributed by atoms with van der Waals surface area (Å²) in [6.07, 6.45) is 0.879. The van der Waals surface area contributed by atoms with Crippen LogP contribution >= 0.6 is 0 Å². The van der Waals surface area contributed by atoms with Gasteiger partial charge in [0.2, 0.25) is 10.0 Å². The molecule has 1 saturated carbocycles. The lowest BCUT2D eigenvalue weighted by Crippen LogP contribution is -2.28. The molecule has 0 bridgehead atoms. The minimum atomic E-state index is -3.44. The third-order valence-corrected chi connectivity index (χ3v) is 4.82. The van der Waals surface area contributed by atoms with Crippen LogP contribution in [0.4, 0.5) is 0 Å². The number of hydrogen-bond donors (Lipinski definition) is 2. The van der Waals surface area contributed by atoms with Crippen molar-refractivity contribution in [1.29, 1.82) is 0 Å². The highest BCUT2D eigenvalue weighted by Crippen LogP contribution is 2.45. The first-order valence-electron chi connectivity index (χ1n) is 6.30. The lowest BCUT2D eigenvalue weighted by Gasteiger charge is -2.09. The van der Waals surface area contributed by atoms with E-state index in [0.29, 0.717) is 18.9 Å². The molecular formula is C13H20N2O3S. The van der Waals surface area contributed by atoms with E-state index < -0.39 is 10.0 Å². The van der Waals surface area contributed by atoms with Gasteiger partial charge in [0.1, 0.15) is 12.4 Å². The largest absolute Gasteiger partial charge is 0.492 e. The Labute approximate surface area is 114 Å². The zero-order chi connectivity index (χ0) is 14.1. The van der Waals surface area contributed by atoms with E-state index >= 15 is 0 Å². The zero-order valence-electron chi connectivity index (χ0n) is 11.2. The van der Waals surface area contributed by atoms with Crippen molar-refractivity contribution in [1.82, 2.24) is 4.72 Å². The summed E-state index contributed by atoms with van der Waals surface area (Å²) >= 11 is 0. The van der Waals surface area contributed by atoms with E-state index in [9.17, 15) is 8.42 Å². The number of nitrogens with two attached hydrogens (primary N) is 1. The maximum atomic E-state index is 12.1. The SMILES string of the molecule is CC1(C)CC1NS(=O)(=O)c1ccc(OCCN)cc1. The van der Waals surface area contributed by atoms with Gasteiger partial charge in [-0.05, 0) is 36.1 Å². The van der Waals surface area contributed by atoms with Crippen molar-refractivity contribution in [2.24, 2.45) is 11.1 Å². The van der Waals surface area contributed by atoms with Gasteiger partial charge in [0, 0.05) is 12.6 Å². The Kier molecular flexibility index (Phi) is 3.85. The van der Waals surface area contributed by atoms with Gasteiger partial charge in [-0.1, -0.05) is 13.8 Å². The molecule has 3 N–H and O–H groups in total. The molecule has 106 valence electrons. The minimum absolute atomic E-state index is 0.0330. The van der Waals surface area contributed by atoms with Crippen LogP contribution in [0.1, 0.15) is 20.3 Å². The molecule has 1 aromatic rings. The molecule has 1 aliphatic carbocycles. The Morgan fingerprint density at radius 2 is 1.95 bits per heavy atom. The van der Waals surface area contributed by atoms with Crippen LogP contribution in [-0.4, -0.2) is 27.6 Å². The summed E-state index contributed by atoms with van der Waals surface area (Å²) in [7, 11) is -3.44. The van der Waals surface area contributed by atoms with E-state index in [2.05, 4.69) is 4.72 Å². The van der Waals surface area contributed by atoms with Crippen molar-refractivity contribution in [3.05, 3.63) is 24.3 Å². The van der Waals surface area contributed by atoms with Gasteiger partial charge in [0.05, 0.1) is 4.90 Å². The van der Waals surface area contributed by atoms with Gasteiger partial charge in [0.25, 0.3) is 0 Å². The summed E-state index contributed by atoms with van der Waals surface area (Å²) in [6, 6.07) is 6.41. The second kappa shape index (κ2) is 5.11. The number of rotatable bonds is 6. The Hall–Kier alpha value is -1.11. The summed E-state index contributed by atoms with van der Waals surface area (Å²) in [5, 5.41) is 0. The van der Waals surface area contributed by atoms with Gasteiger partial charge in [-0.2, -0.15) is 0 Å². The lowest BCUT2D eigenvalue weighted by atomic mass is 10.2. The quantitative estimate of drug-likeness (QED) is 0.819. The van der Waals surface area contributed by atoms with Crippen LogP contribution in [0.3, 0.4) is 0 Å². The monoisotopic (exact) mass is 284 g/mol. The van der Waals surface area contributed by atoms with E-state index in [1.807, 2.05) is 13.8 Å². The molecule has 2 rings (SSSR count). The summed E-state index contributed by atoms with van der Waals surface area (Å²) in [4.78, 5) is 0.260. The summed E-state index contributed by atoms with van der Waals surface area (Å²) in [5.74, 6) is 0.621. The first-order chi connectivity index (χ1) is 8.85. The van der Waals surface area contributed by atoms with E-state index in [4.69, 9.17) is 10.5 Å². The first kappa shape index (κ1) is 14.3. The highest BCUT2D eigenvalue weighted by molar-refractivity contribution is 7.89. The Morgan fingerprint density at radius 3 is 2.42 bits per heavy atom. The molecule has 6 heteroatoms. The molecule has 0 saturated heterocycles. The van der Waals surface area contributed by atoms with E-state index in [0.717, 1.165) is 6.42 Å². The van der Waals surface area contributed by atoms with Crippen LogP contribution in [0.2, 0.25) is 0 Å². The van der Waals surface area contributed by atoms with Crippen molar-refractivity contribution in [3.63, 3.8) is 0 Å². The van der Waals surface area contributed by atoms with Gasteiger partial charge in [-0.15, -0.1) is 0 Å². The van der Waals surface area contributed by atoms with Crippen molar-refractivity contribution >= 4 is 10.0 Å². The molecule has 1 unspecified atom stereocenters. The molecule has 0 aromatic heterocycles. The van der Waals surface area contributed by atoms with Crippen LogP contribution in [0.25, 0.3) is 0 Å². The molecule has 1 aliphatic rings. The fourth-order valence-electron chi connectivity index (χ4n) is 1.82. The lowest BCUT2D eigenvalue weighted by molar-refractivity contribution is 0.328. The normalized spacial score (nSPS) is 21.1. The second-order valence-corrected chi connectivity index (χ2v) is 7.19. The highest BCUT2D eigenvalue weighted by atomic mass is 32.2. The minimum Gasteiger partial charge on any atom is -0.492 e. The van der Waals surface area contributed by atoms with Crippen molar-refractivity contribution in [2.75, 3.05) is 13.2 Å². The number of sulfonamides is 1. The van der Waals surface area contributed by atoms with Gasteiger partial charge >= 0.3 is 0 Å². The molecule has 0 aliphatic heterocycles. The Morgan fingerprint density at radius 1 is 1.37 bits per heavy atom. The summed E-state index contributed by atoms with van der Waals surface area (Å²) in [6.45, 7) is 4.94. The van der Waals surface area contributed by atoms with Gasteiger partial charge in [-0.25, -0.2) is 13.1 Å². The van der Waals surface area contributed by atoms with Gasteiger partial charge in [-0.3, -0.25) is 0 Å². The average molecular weight is 284 g/mol. The predicted octanol–water partition coefficient (Wildman–Crippen LogP) is 1.10. The van der Waals surface area contributed by atoms with Crippen LogP contribution in [0.15, 0.2) is 29.2 Å². The third kappa shape index (κ3) is 3.46. The molecular weight excluding hydrogens is 264 g/mol. The fraction of sp³-hybridized carbons (Fsp3) is 0.538. The van der Waals surface area contributed by atoms with Crippen molar-refractivity contribution in [2.45, 2.75) is 31.2 Å². The number of hydrogen-bond acceptors (Lipinski definition) is 4. The van der Waals surface area contributed by atoms with Crippen molar-refractivity contribution in [3.8, 4) is 5.75 Å². The molecule has 5 nitrogen and oxygen atoms in total. The summed E-state index contributed by atoms with van der Waals surface area (Å²) in [5.41, 5.74) is 5.40. The molecule has 1 atom stereocenters. The van der Waals surface area contributed by atoms with Crippen LogP contribution < -0.4 is 15.2 Å². The van der Waals surface area contributed by atoms with Crippen LogP contribution in [0.5, 0.6) is 5.75 Å². The molecule has 1 fully saturated rings. The van der Waals surface area contributed by atoms with Crippen LogP contribution in [0, 0.1) is 5.41 Å². The van der Waals surface area contributed by atoms with E-state index in [1.165, 1.54) is 0 Å². The molecule has 0 spiro atoms. The Bertz CT molecular complexity index is 538. The fourth-order valence-corrected chi connectivity index (χ4v) is 3.22. The highest BCUT2D eigenvalue weighted by Gasteiger charge is 2.47. The smallest absolute Gasteiger partial charge is 0.240 e. The molecule has 1 aromatic carbocycles. The Balaban J connectivity index is 2.04. The molecule has 0 heterocycles. The van der Waals surface area contributed by atoms with Crippen molar-refractivity contribution < 1.29 is 13.2 Å². The molecule has 19 heavy (non-hydrogen) atoms. The predicted molar refractivity (Wildman–Crippen MR) is 73.5 cm³/mol. The number of nitrogens with one attached hydrogen (secondary N) is 1. The number of ether oxygens (including phenoxy) is 1. The average Bonchev–Trinajstić information content (AvgIpc) is 2.93. The maximum absolute atomic E-state index is 12.1. The molecule has 0 amide bonds. The van der Waals surface area contributed by atoms with Gasteiger partial charge < -0.3 is 10.5 Å². The molecule has 0 radical (unpaired) electrons. The number of benzene rings is 1. The third-order valence-electron chi connectivity index (χ3n) is 3.33. The van der Waals surface area contributed by atoms with E-state index in [1.54, 1.807) is 24.3 Å². The second-order valence-electron chi connectivity index (χ2n) is 5.48. The topological polar surface area (TPSA) is 81.4 Å².